The number of benzene rings is 1. The van der Waals surface area contributed by atoms with E-state index >= 15 is 0 Å². The number of hydrogen-bond donors (Lipinski definition) is 1. The Morgan fingerprint density at radius 1 is 1.32 bits per heavy atom. The molecule has 1 aliphatic rings. The lowest BCUT2D eigenvalue weighted by Gasteiger charge is -2.33. The van der Waals surface area contributed by atoms with Gasteiger partial charge in [0.25, 0.3) is 0 Å². The molecule has 106 valence electrons. The highest BCUT2D eigenvalue weighted by Gasteiger charge is 2.27. The monoisotopic (exact) mass is 283 g/mol. The predicted molar refractivity (Wildman–Crippen MR) is 78.9 cm³/mol. The Morgan fingerprint density at radius 3 is 2.53 bits per heavy atom. The zero-order valence-electron chi connectivity index (χ0n) is 11.8. The Hall–Kier alpha value is -0.600. The molecule has 3 heteroatoms. The lowest BCUT2D eigenvalue weighted by molar-refractivity contribution is 0.224. The topological polar surface area (TPSA) is 12.0 Å². The largest absolute Gasteiger partial charge is 0.313 e. The van der Waals surface area contributed by atoms with Crippen LogP contribution in [0, 0.1) is 17.7 Å². The van der Waals surface area contributed by atoms with Crippen molar-refractivity contribution in [1.29, 1.82) is 0 Å². The minimum atomic E-state index is -0.318. The van der Waals surface area contributed by atoms with E-state index in [1.165, 1.54) is 32.1 Å². The zero-order valence-corrected chi connectivity index (χ0v) is 12.5. The molecule has 1 N–H and O–H groups in total. The van der Waals surface area contributed by atoms with Crippen LogP contribution in [0.5, 0.6) is 0 Å². The minimum absolute atomic E-state index is 0.202. The standard InChI is InChI=1S/C16H23ClFN/c1-3-11-4-6-12(7-5-11)16(19-2)13-8-9-14(17)15(18)10-13/h8-12,16,19H,3-7H2,1-2H3. The van der Waals surface area contributed by atoms with Crippen LogP contribution in [-0.2, 0) is 0 Å². The zero-order chi connectivity index (χ0) is 13.8. The number of nitrogens with one attached hydrogen (secondary N) is 1. The Labute approximate surface area is 120 Å². The van der Waals surface area contributed by atoms with Gasteiger partial charge < -0.3 is 5.32 Å². The average molecular weight is 284 g/mol. The number of hydrogen-bond acceptors (Lipinski definition) is 1. The summed E-state index contributed by atoms with van der Waals surface area (Å²) in [6, 6.07) is 5.42. The predicted octanol–water partition coefficient (Wildman–Crippen LogP) is 4.96. The van der Waals surface area contributed by atoms with Gasteiger partial charge in [-0.05, 0) is 49.4 Å². The van der Waals surface area contributed by atoms with Gasteiger partial charge in [0.2, 0.25) is 0 Å². The average Bonchev–Trinajstić information content (AvgIpc) is 2.44. The molecule has 0 saturated heterocycles. The number of rotatable bonds is 4. The van der Waals surface area contributed by atoms with Crippen LogP contribution < -0.4 is 5.32 Å². The third kappa shape index (κ3) is 3.49. The molecule has 2 rings (SSSR count). The van der Waals surface area contributed by atoms with Crippen LogP contribution in [0.2, 0.25) is 5.02 Å². The second kappa shape index (κ2) is 6.71. The van der Waals surface area contributed by atoms with Crippen molar-refractivity contribution in [3.05, 3.63) is 34.6 Å². The van der Waals surface area contributed by atoms with Gasteiger partial charge in [-0.1, -0.05) is 43.9 Å². The Balaban J connectivity index is 2.09. The van der Waals surface area contributed by atoms with Gasteiger partial charge in [0.15, 0.2) is 0 Å². The van der Waals surface area contributed by atoms with Crippen molar-refractivity contribution in [1.82, 2.24) is 5.32 Å². The summed E-state index contributed by atoms with van der Waals surface area (Å²) in [6.07, 6.45) is 6.35. The van der Waals surface area contributed by atoms with E-state index in [4.69, 9.17) is 11.6 Å². The van der Waals surface area contributed by atoms with Gasteiger partial charge in [0, 0.05) is 6.04 Å². The van der Waals surface area contributed by atoms with Crippen LogP contribution in [-0.4, -0.2) is 7.05 Å². The first kappa shape index (κ1) is 14.8. The lowest BCUT2D eigenvalue weighted by atomic mass is 9.76. The van der Waals surface area contributed by atoms with Crippen molar-refractivity contribution in [3.63, 3.8) is 0 Å². The summed E-state index contributed by atoms with van der Waals surface area (Å²) >= 11 is 5.76. The molecule has 0 spiro atoms. The number of halogens is 2. The second-order valence-corrected chi connectivity index (χ2v) is 6.04. The molecular weight excluding hydrogens is 261 g/mol. The summed E-state index contributed by atoms with van der Waals surface area (Å²) in [7, 11) is 1.96. The van der Waals surface area contributed by atoms with Gasteiger partial charge in [0.05, 0.1) is 5.02 Å². The molecule has 0 aromatic heterocycles. The Kier molecular flexibility index (Phi) is 5.23. The highest BCUT2D eigenvalue weighted by molar-refractivity contribution is 6.30. The van der Waals surface area contributed by atoms with Gasteiger partial charge in [-0.25, -0.2) is 4.39 Å². The minimum Gasteiger partial charge on any atom is -0.313 e. The molecular formula is C16H23ClFN. The van der Waals surface area contributed by atoms with Crippen LogP contribution in [0.4, 0.5) is 4.39 Å². The molecule has 0 aliphatic heterocycles. The van der Waals surface area contributed by atoms with Crippen LogP contribution in [0.1, 0.15) is 50.6 Å². The molecule has 0 radical (unpaired) electrons. The summed E-state index contributed by atoms with van der Waals surface area (Å²) in [5.41, 5.74) is 1.02. The van der Waals surface area contributed by atoms with Crippen molar-refractivity contribution in [2.75, 3.05) is 7.05 Å². The van der Waals surface area contributed by atoms with Crippen molar-refractivity contribution >= 4 is 11.6 Å². The molecule has 0 amide bonds. The quantitative estimate of drug-likeness (QED) is 0.824. The fourth-order valence-electron chi connectivity index (χ4n) is 3.31. The van der Waals surface area contributed by atoms with E-state index in [0.717, 1.165) is 11.5 Å². The Bertz CT molecular complexity index is 413. The van der Waals surface area contributed by atoms with Crippen LogP contribution in [0.15, 0.2) is 18.2 Å². The van der Waals surface area contributed by atoms with E-state index in [1.54, 1.807) is 12.1 Å². The first-order chi connectivity index (χ1) is 9.15. The molecule has 1 aliphatic carbocycles. The molecule has 1 unspecified atom stereocenters. The molecule has 1 nitrogen and oxygen atoms in total. The van der Waals surface area contributed by atoms with E-state index in [2.05, 4.69) is 12.2 Å². The van der Waals surface area contributed by atoms with Crippen molar-refractivity contribution in [2.45, 2.75) is 45.1 Å². The maximum atomic E-state index is 13.6. The SMILES string of the molecule is CCC1CCC(C(NC)c2ccc(Cl)c(F)c2)CC1. The van der Waals surface area contributed by atoms with Crippen LogP contribution in [0.3, 0.4) is 0 Å². The van der Waals surface area contributed by atoms with Gasteiger partial charge >= 0.3 is 0 Å². The van der Waals surface area contributed by atoms with Gasteiger partial charge in [-0.3, -0.25) is 0 Å². The fourth-order valence-corrected chi connectivity index (χ4v) is 3.43. The summed E-state index contributed by atoms with van der Waals surface area (Å²) in [6.45, 7) is 2.27. The first-order valence-electron chi connectivity index (χ1n) is 7.28. The second-order valence-electron chi connectivity index (χ2n) is 5.63. The molecule has 19 heavy (non-hydrogen) atoms. The van der Waals surface area contributed by atoms with E-state index in [9.17, 15) is 4.39 Å². The third-order valence-electron chi connectivity index (χ3n) is 4.55. The van der Waals surface area contributed by atoms with E-state index in [1.807, 2.05) is 13.1 Å². The summed E-state index contributed by atoms with van der Waals surface area (Å²) in [5.74, 6) is 1.17. The van der Waals surface area contributed by atoms with Crippen molar-refractivity contribution in [2.24, 2.45) is 11.8 Å². The summed E-state index contributed by atoms with van der Waals surface area (Å²) in [4.78, 5) is 0. The normalized spacial score (nSPS) is 25.3. The molecule has 1 atom stereocenters. The molecule has 1 aromatic rings. The molecule has 1 aromatic carbocycles. The van der Waals surface area contributed by atoms with Gasteiger partial charge in [0.1, 0.15) is 5.82 Å². The van der Waals surface area contributed by atoms with Gasteiger partial charge in [-0.2, -0.15) is 0 Å². The molecule has 0 heterocycles. The van der Waals surface area contributed by atoms with Gasteiger partial charge in [-0.15, -0.1) is 0 Å². The van der Waals surface area contributed by atoms with E-state index in [-0.39, 0.29) is 16.9 Å². The highest BCUT2D eigenvalue weighted by atomic mass is 35.5. The van der Waals surface area contributed by atoms with Crippen molar-refractivity contribution in [3.8, 4) is 0 Å². The lowest BCUT2D eigenvalue weighted by Crippen LogP contribution is -2.28. The van der Waals surface area contributed by atoms with Crippen molar-refractivity contribution < 1.29 is 4.39 Å². The summed E-state index contributed by atoms with van der Waals surface area (Å²) in [5, 5.41) is 3.56. The molecule has 1 saturated carbocycles. The maximum absolute atomic E-state index is 13.6. The highest BCUT2D eigenvalue weighted by Crippen LogP contribution is 2.38. The fraction of sp³-hybridized carbons (Fsp3) is 0.625. The Morgan fingerprint density at radius 2 is 2.00 bits per heavy atom. The third-order valence-corrected chi connectivity index (χ3v) is 4.86. The van der Waals surface area contributed by atoms with Crippen LogP contribution in [0.25, 0.3) is 0 Å². The smallest absolute Gasteiger partial charge is 0.142 e. The summed E-state index contributed by atoms with van der Waals surface area (Å²) < 4.78 is 13.6. The van der Waals surface area contributed by atoms with E-state index in [0.29, 0.717) is 5.92 Å². The van der Waals surface area contributed by atoms with E-state index < -0.39 is 0 Å². The maximum Gasteiger partial charge on any atom is 0.142 e. The van der Waals surface area contributed by atoms with Crippen LogP contribution >= 0.6 is 11.6 Å². The first-order valence-corrected chi connectivity index (χ1v) is 7.65. The molecule has 1 fully saturated rings. The molecule has 0 bridgehead atoms.